The number of amides is 2. The van der Waals surface area contributed by atoms with Crippen LogP contribution in [-0.4, -0.2) is 45.8 Å². The van der Waals surface area contributed by atoms with Crippen molar-refractivity contribution in [2.75, 3.05) is 24.2 Å². The highest BCUT2D eigenvalue weighted by Gasteiger charge is 2.28. The first kappa shape index (κ1) is 23.4. The van der Waals surface area contributed by atoms with Crippen LogP contribution in [-0.2, 0) is 11.2 Å². The third-order valence-corrected chi connectivity index (χ3v) is 7.62. The van der Waals surface area contributed by atoms with E-state index in [1.165, 1.54) is 41.2 Å². The molecule has 1 fully saturated rings. The summed E-state index contributed by atoms with van der Waals surface area (Å²) in [5.41, 5.74) is 1.79. The van der Waals surface area contributed by atoms with Gasteiger partial charge in [-0.1, -0.05) is 53.4 Å². The van der Waals surface area contributed by atoms with Gasteiger partial charge in [0.25, 0.3) is 5.91 Å². The number of carbonyl (C=O) groups is 2. The number of halogens is 1. The number of hydrogen-bond acceptors (Lipinski definition) is 6. The maximum atomic E-state index is 13.1. The maximum Gasteiger partial charge on any atom is 0.253 e. The van der Waals surface area contributed by atoms with E-state index in [1.807, 2.05) is 6.07 Å². The SMILES string of the molecule is O=C(Nc1nnc(SCCCc2ccccc2)s1)C1CCN(C(=O)c2ccc(F)cc2)CC1. The van der Waals surface area contributed by atoms with Gasteiger partial charge in [-0.25, -0.2) is 4.39 Å². The van der Waals surface area contributed by atoms with Gasteiger partial charge in [-0.15, -0.1) is 10.2 Å². The molecule has 2 amide bonds. The standard InChI is InChI=1S/C24H25FN4O2S2/c25-20-10-8-19(9-11-20)22(31)29-14-12-18(13-15-29)21(30)26-23-27-28-24(33-23)32-16-4-7-17-5-2-1-3-6-17/h1-3,5-6,8-11,18H,4,7,12-16H2,(H,26,27,30). The molecule has 4 rings (SSSR count). The second-order valence-corrected chi connectivity index (χ2v) is 10.2. The fourth-order valence-electron chi connectivity index (χ4n) is 3.73. The van der Waals surface area contributed by atoms with E-state index in [2.05, 4.69) is 39.8 Å². The first-order valence-electron chi connectivity index (χ1n) is 10.9. The van der Waals surface area contributed by atoms with Crippen LogP contribution in [0.1, 0.15) is 35.2 Å². The van der Waals surface area contributed by atoms with Gasteiger partial charge in [0.2, 0.25) is 11.0 Å². The van der Waals surface area contributed by atoms with Gasteiger partial charge in [0.15, 0.2) is 4.34 Å². The van der Waals surface area contributed by atoms with Crippen LogP contribution in [0.15, 0.2) is 58.9 Å². The lowest BCUT2D eigenvalue weighted by Gasteiger charge is -2.31. The van der Waals surface area contributed by atoms with Gasteiger partial charge in [-0.05, 0) is 55.5 Å². The molecule has 0 spiro atoms. The van der Waals surface area contributed by atoms with E-state index in [0.29, 0.717) is 36.6 Å². The van der Waals surface area contributed by atoms with Crippen molar-refractivity contribution in [3.8, 4) is 0 Å². The second-order valence-electron chi connectivity index (χ2n) is 7.87. The zero-order chi connectivity index (χ0) is 23.0. The molecule has 0 radical (unpaired) electrons. The van der Waals surface area contributed by atoms with Crippen LogP contribution in [0.4, 0.5) is 9.52 Å². The molecule has 0 saturated carbocycles. The molecule has 3 aromatic rings. The van der Waals surface area contributed by atoms with Gasteiger partial charge in [0, 0.05) is 30.3 Å². The van der Waals surface area contributed by atoms with Crippen LogP contribution in [0.25, 0.3) is 0 Å². The predicted octanol–water partition coefficient (Wildman–Crippen LogP) is 4.89. The molecule has 1 saturated heterocycles. The second kappa shape index (κ2) is 11.4. The Hall–Kier alpha value is -2.78. The number of carbonyl (C=O) groups excluding carboxylic acids is 2. The molecule has 2 heterocycles. The maximum absolute atomic E-state index is 13.1. The summed E-state index contributed by atoms with van der Waals surface area (Å²) < 4.78 is 13.9. The molecule has 0 bridgehead atoms. The van der Waals surface area contributed by atoms with Gasteiger partial charge in [-0.3, -0.25) is 9.59 Å². The van der Waals surface area contributed by atoms with E-state index in [9.17, 15) is 14.0 Å². The third kappa shape index (κ3) is 6.61. The summed E-state index contributed by atoms with van der Waals surface area (Å²) in [6, 6.07) is 15.9. The van der Waals surface area contributed by atoms with Gasteiger partial charge in [0.05, 0.1) is 0 Å². The molecule has 1 aromatic heterocycles. The molecule has 9 heteroatoms. The monoisotopic (exact) mass is 484 g/mol. The van der Waals surface area contributed by atoms with Crippen LogP contribution in [0.5, 0.6) is 0 Å². The van der Waals surface area contributed by atoms with Crippen LogP contribution < -0.4 is 5.32 Å². The predicted molar refractivity (Wildman–Crippen MR) is 129 cm³/mol. The van der Waals surface area contributed by atoms with E-state index in [4.69, 9.17) is 0 Å². The average Bonchev–Trinajstić information content (AvgIpc) is 3.29. The van der Waals surface area contributed by atoms with Crippen molar-refractivity contribution in [2.24, 2.45) is 5.92 Å². The lowest BCUT2D eigenvalue weighted by molar-refractivity contribution is -0.121. The number of nitrogens with zero attached hydrogens (tertiary/aromatic N) is 3. The highest BCUT2D eigenvalue weighted by atomic mass is 32.2. The van der Waals surface area contributed by atoms with E-state index in [0.717, 1.165) is 22.9 Å². The highest BCUT2D eigenvalue weighted by Crippen LogP contribution is 2.28. The van der Waals surface area contributed by atoms with Crippen molar-refractivity contribution in [1.82, 2.24) is 15.1 Å². The summed E-state index contributed by atoms with van der Waals surface area (Å²) in [5.74, 6) is 0.186. The number of piperidine rings is 1. The Morgan fingerprint density at radius 1 is 1.06 bits per heavy atom. The largest absolute Gasteiger partial charge is 0.339 e. The van der Waals surface area contributed by atoms with Crippen molar-refractivity contribution in [2.45, 2.75) is 30.0 Å². The molecule has 172 valence electrons. The molecule has 2 aromatic carbocycles. The number of likely N-dealkylation sites (tertiary alicyclic amines) is 1. The Bertz CT molecular complexity index is 1070. The first-order valence-corrected chi connectivity index (χ1v) is 12.7. The van der Waals surface area contributed by atoms with E-state index in [1.54, 1.807) is 16.7 Å². The minimum atomic E-state index is -0.368. The van der Waals surface area contributed by atoms with Gasteiger partial charge < -0.3 is 10.2 Å². The molecule has 0 aliphatic carbocycles. The Morgan fingerprint density at radius 2 is 1.79 bits per heavy atom. The Morgan fingerprint density at radius 3 is 2.52 bits per heavy atom. The number of hydrogen-bond donors (Lipinski definition) is 1. The normalized spacial score (nSPS) is 14.3. The molecule has 1 aliphatic rings. The molecule has 1 N–H and O–H groups in total. The van der Waals surface area contributed by atoms with Crippen LogP contribution in [0.2, 0.25) is 0 Å². The lowest BCUT2D eigenvalue weighted by Crippen LogP contribution is -2.41. The van der Waals surface area contributed by atoms with Crippen molar-refractivity contribution in [3.63, 3.8) is 0 Å². The van der Waals surface area contributed by atoms with Gasteiger partial charge in [0.1, 0.15) is 5.82 Å². The molecular weight excluding hydrogens is 459 g/mol. The fourth-order valence-corrected chi connectivity index (χ4v) is 5.49. The summed E-state index contributed by atoms with van der Waals surface area (Å²) in [4.78, 5) is 26.9. The lowest BCUT2D eigenvalue weighted by atomic mass is 9.95. The van der Waals surface area contributed by atoms with Crippen molar-refractivity contribution in [3.05, 3.63) is 71.5 Å². The van der Waals surface area contributed by atoms with Gasteiger partial charge in [-0.2, -0.15) is 0 Å². The zero-order valence-corrected chi connectivity index (χ0v) is 19.7. The van der Waals surface area contributed by atoms with Crippen molar-refractivity contribution >= 4 is 40.0 Å². The van der Waals surface area contributed by atoms with Crippen LogP contribution >= 0.6 is 23.1 Å². The first-order chi connectivity index (χ1) is 16.1. The molecule has 0 atom stereocenters. The quantitative estimate of drug-likeness (QED) is 0.280. The summed E-state index contributed by atoms with van der Waals surface area (Å²) in [7, 11) is 0. The fraction of sp³-hybridized carbons (Fsp3) is 0.333. The number of aromatic nitrogens is 2. The van der Waals surface area contributed by atoms with E-state index >= 15 is 0 Å². The van der Waals surface area contributed by atoms with Crippen LogP contribution in [0.3, 0.4) is 0 Å². The topological polar surface area (TPSA) is 75.2 Å². The number of nitrogens with one attached hydrogen (secondary N) is 1. The summed E-state index contributed by atoms with van der Waals surface area (Å²) in [5, 5.41) is 11.7. The molecule has 1 aliphatic heterocycles. The van der Waals surface area contributed by atoms with E-state index < -0.39 is 0 Å². The summed E-state index contributed by atoms with van der Waals surface area (Å²) in [6.07, 6.45) is 3.24. The molecular formula is C24H25FN4O2S2. The minimum absolute atomic E-state index is 0.0827. The Kier molecular flexibility index (Phi) is 8.06. The van der Waals surface area contributed by atoms with Crippen LogP contribution in [0, 0.1) is 11.7 Å². The van der Waals surface area contributed by atoms with Crippen molar-refractivity contribution < 1.29 is 14.0 Å². The smallest absolute Gasteiger partial charge is 0.253 e. The molecule has 0 unspecified atom stereocenters. The number of aryl methyl sites for hydroxylation is 1. The highest BCUT2D eigenvalue weighted by molar-refractivity contribution is 8.01. The number of anilines is 1. The third-order valence-electron chi connectivity index (χ3n) is 5.56. The van der Waals surface area contributed by atoms with Gasteiger partial charge >= 0.3 is 0 Å². The number of benzene rings is 2. The van der Waals surface area contributed by atoms with E-state index in [-0.39, 0.29) is 23.5 Å². The van der Waals surface area contributed by atoms with Crippen molar-refractivity contribution in [1.29, 1.82) is 0 Å². The Labute approximate surface area is 200 Å². The molecule has 33 heavy (non-hydrogen) atoms. The Balaban J connectivity index is 1.19. The minimum Gasteiger partial charge on any atom is -0.339 e. The number of rotatable bonds is 8. The zero-order valence-electron chi connectivity index (χ0n) is 18.1. The number of thioether (sulfide) groups is 1. The molecule has 6 nitrogen and oxygen atoms in total. The summed E-state index contributed by atoms with van der Waals surface area (Å²) >= 11 is 3.04. The average molecular weight is 485 g/mol. The summed E-state index contributed by atoms with van der Waals surface area (Å²) in [6.45, 7) is 0.986.